The minimum atomic E-state index is -0.554. The molecule has 0 radical (unpaired) electrons. The third-order valence-corrected chi connectivity index (χ3v) is 5.16. The molecule has 1 aromatic carbocycles. The first-order valence-corrected chi connectivity index (χ1v) is 10.9. The number of aryl methyl sites for hydroxylation is 1. The van der Waals surface area contributed by atoms with Gasteiger partial charge in [-0.1, -0.05) is 12.1 Å². The highest BCUT2D eigenvalue weighted by molar-refractivity contribution is 6.02. The van der Waals surface area contributed by atoms with Crippen LogP contribution in [-0.4, -0.2) is 34.9 Å². The molecular formula is C25H25N5O4. The van der Waals surface area contributed by atoms with E-state index < -0.39 is 11.8 Å². The number of hydrogen-bond acceptors (Lipinski definition) is 7. The van der Waals surface area contributed by atoms with Crippen molar-refractivity contribution < 1.29 is 18.7 Å². The van der Waals surface area contributed by atoms with Crippen LogP contribution in [0.3, 0.4) is 0 Å². The van der Waals surface area contributed by atoms with Crippen LogP contribution < -0.4 is 20.9 Å². The lowest BCUT2D eigenvalue weighted by Gasteiger charge is -2.09. The molecule has 34 heavy (non-hydrogen) atoms. The summed E-state index contributed by atoms with van der Waals surface area (Å²) in [5.74, 6) is -0.252. The molecule has 3 N–H and O–H groups in total. The third-order valence-electron chi connectivity index (χ3n) is 5.16. The molecule has 0 spiro atoms. The van der Waals surface area contributed by atoms with E-state index in [0.717, 1.165) is 30.5 Å². The molecule has 0 aliphatic carbocycles. The molecule has 0 aliphatic rings. The van der Waals surface area contributed by atoms with Gasteiger partial charge in [0.1, 0.15) is 11.3 Å². The number of amides is 2. The quantitative estimate of drug-likeness (QED) is 0.260. The van der Waals surface area contributed by atoms with Crippen molar-refractivity contribution in [2.75, 3.05) is 13.2 Å². The second-order valence-electron chi connectivity index (χ2n) is 7.57. The molecular weight excluding hydrogens is 434 g/mol. The summed E-state index contributed by atoms with van der Waals surface area (Å²) in [6.07, 6.45) is 7.40. The molecule has 0 atom stereocenters. The van der Waals surface area contributed by atoms with Gasteiger partial charge >= 0.3 is 5.91 Å². The smallest absolute Gasteiger partial charge is 0.305 e. The van der Waals surface area contributed by atoms with Gasteiger partial charge < -0.3 is 14.5 Å². The van der Waals surface area contributed by atoms with Crippen molar-refractivity contribution in [3.63, 3.8) is 0 Å². The van der Waals surface area contributed by atoms with Crippen molar-refractivity contribution in [3.8, 4) is 5.75 Å². The number of carbonyl (C=O) groups is 2. The number of aromatic nitrogens is 2. The molecule has 0 bridgehead atoms. The zero-order valence-corrected chi connectivity index (χ0v) is 18.7. The van der Waals surface area contributed by atoms with Crippen molar-refractivity contribution in [1.29, 1.82) is 0 Å². The number of rotatable bonds is 9. The Kier molecular flexibility index (Phi) is 7.46. The van der Waals surface area contributed by atoms with E-state index in [-0.39, 0.29) is 5.76 Å². The molecule has 0 fully saturated rings. The maximum atomic E-state index is 12.6. The summed E-state index contributed by atoms with van der Waals surface area (Å²) < 4.78 is 11.7. The summed E-state index contributed by atoms with van der Waals surface area (Å²) >= 11 is 0. The second kappa shape index (κ2) is 11.1. The van der Waals surface area contributed by atoms with E-state index in [1.807, 2.05) is 30.5 Å². The fourth-order valence-electron chi connectivity index (χ4n) is 3.46. The van der Waals surface area contributed by atoms with Gasteiger partial charge in [0.15, 0.2) is 5.76 Å². The summed E-state index contributed by atoms with van der Waals surface area (Å²) in [5, 5.41) is 4.09. The van der Waals surface area contributed by atoms with E-state index >= 15 is 0 Å². The van der Waals surface area contributed by atoms with Gasteiger partial charge in [-0.25, -0.2) is 0 Å². The van der Waals surface area contributed by atoms with Crippen molar-refractivity contribution >= 4 is 22.8 Å². The minimum absolute atomic E-state index is 0.110. The highest BCUT2D eigenvalue weighted by Gasteiger charge is 2.21. The van der Waals surface area contributed by atoms with E-state index in [1.165, 1.54) is 12.4 Å². The van der Waals surface area contributed by atoms with Crippen LogP contribution in [-0.2, 0) is 6.54 Å². The van der Waals surface area contributed by atoms with Crippen molar-refractivity contribution in [3.05, 3.63) is 89.7 Å². The van der Waals surface area contributed by atoms with E-state index in [4.69, 9.17) is 9.15 Å². The van der Waals surface area contributed by atoms with Crippen molar-refractivity contribution in [2.24, 2.45) is 0 Å². The molecule has 9 nitrogen and oxygen atoms in total. The van der Waals surface area contributed by atoms with Gasteiger partial charge in [-0.2, -0.15) is 0 Å². The lowest BCUT2D eigenvalue weighted by molar-refractivity contribution is 0.0831. The predicted octanol–water partition coefficient (Wildman–Crippen LogP) is 3.16. The number of benzene rings is 1. The Labute approximate surface area is 196 Å². The Morgan fingerprint density at radius 3 is 2.59 bits per heavy atom. The van der Waals surface area contributed by atoms with Gasteiger partial charge in [-0.3, -0.25) is 30.4 Å². The third kappa shape index (κ3) is 5.57. The van der Waals surface area contributed by atoms with E-state index in [9.17, 15) is 9.59 Å². The molecule has 4 aromatic rings. The molecule has 2 amide bonds. The fourth-order valence-corrected chi connectivity index (χ4v) is 3.46. The zero-order chi connectivity index (χ0) is 23.8. The predicted molar refractivity (Wildman–Crippen MR) is 126 cm³/mol. The number of nitrogens with one attached hydrogen (secondary N) is 3. The Hall–Kier alpha value is -4.24. The maximum absolute atomic E-state index is 12.6. The van der Waals surface area contributed by atoms with Crippen molar-refractivity contribution in [1.82, 2.24) is 26.1 Å². The number of nitrogens with zero attached hydrogens (tertiary/aromatic N) is 2. The first-order chi connectivity index (χ1) is 16.6. The molecule has 0 aliphatic heterocycles. The van der Waals surface area contributed by atoms with Crippen LogP contribution in [0.15, 0.2) is 71.7 Å². The van der Waals surface area contributed by atoms with Crippen LogP contribution in [0.1, 0.15) is 38.5 Å². The fraction of sp³-hybridized carbons (Fsp3) is 0.200. The molecule has 174 valence electrons. The largest absolute Gasteiger partial charge is 0.493 e. The monoisotopic (exact) mass is 459 g/mol. The summed E-state index contributed by atoms with van der Waals surface area (Å²) in [6.45, 7) is 3.83. The highest BCUT2D eigenvalue weighted by atomic mass is 16.5. The number of pyridine rings is 2. The van der Waals surface area contributed by atoms with Crippen LogP contribution in [0.2, 0.25) is 0 Å². The Balaban J connectivity index is 1.33. The Morgan fingerprint density at radius 1 is 0.971 bits per heavy atom. The number of fused-ring (bicyclic) bond motifs is 1. The lowest BCUT2D eigenvalue weighted by Crippen LogP contribution is -2.41. The number of carbonyl (C=O) groups excluding carboxylic acids is 2. The zero-order valence-electron chi connectivity index (χ0n) is 18.7. The normalized spacial score (nSPS) is 10.7. The average molecular weight is 460 g/mol. The number of hydrogen-bond donors (Lipinski definition) is 3. The second-order valence-corrected chi connectivity index (χ2v) is 7.57. The average Bonchev–Trinajstić information content (AvgIpc) is 3.22. The van der Waals surface area contributed by atoms with Crippen LogP contribution in [0.4, 0.5) is 0 Å². The molecule has 3 aromatic heterocycles. The van der Waals surface area contributed by atoms with Crippen LogP contribution >= 0.6 is 0 Å². The molecule has 0 saturated carbocycles. The van der Waals surface area contributed by atoms with Gasteiger partial charge in [0.25, 0.3) is 5.91 Å². The molecule has 4 rings (SSSR count). The summed E-state index contributed by atoms with van der Waals surface area (Å²) in [5.41, 5.74) is 7.45. The number of hydrazine groups is 1. The lowest BCUT2D eigenvalue weighted by atomic mass is 10.1. The molecule has 3 heterocycles. The summed E-state index contributed by atoms with van der Waals surface area (Å²) in [6, 6.07) is 12.5. The Bertz CT molecular complexity index is 1260. The summed E-state index contributed by atoms with van der Waals surface area (Å²) in [4.78, 5) is 32.8. The molecule has 0 saturated heterocycles. The van der Waals surface area contributed by atoms with Gasteiger partial charge in [-0.05, 0) is 55.8 Å². The Morgan fingerprint density at radius 2 is 1.79 bits per heavy atom. The SMILES string of the molecule is Cc1c(C(=O)NNC(=O)c2ccncc2)oc2cccc(OCCCNCc3cccnc3)c12. The highest BCUT2D eigenvalue weighted by Crippen LogP contribution is 2.33. The van der Waals surface area contributed by atoms with Crippen LogP contribution in [0.25, 0.3) is 11.0 Å². The number of ether oxygens (including phenoxy) is 1. The maximum Gasteiger partial charge on any atom is 0.305 e. The van der Waals surface area contributed by atoms with Gasteiger partial charge in [0.05, 0.1) is 12.0 Å². The van der Waals surface area contributed by atoms with Gasteiger partial charge in [0, 0.05) is 42.5 Å². The first-order valence-electron chi connectivity index (χ1n) is 10.9. The van der Waals surface area contributed by atoms with Crippen LogP contribution in [0, 0.1) is 6.92 Å². The first kappa shape index (κ1) is 22.9. The summed E-state index contributed by atoms with van der Waals surface area (Å²) in [7, 11) is 0. The van der Waals surface area contributed by atoms with Crippen molar-refractivity contribution in [2.45, 2.75) is 19.9 Å². The van der Waals surface area contributed by atoms with Gasteiger partial charge in [0.2, 0.25) is 0 Å². The minimum Gasteiger partial charge on any atom is -0.493 e. The number of furan rings is 1. The van der Waals surface area contributed by atoms with Crippen LogP contribution in [0.5, 0.6) is 5.75 Å². The topological polar surface area (TPSA) is 118 Å². The molecule has 9 heteroatoms. The van der Waals surface area contributed by atoms with Gasteiger partial charge in [-0.15, -0.1) is 0 Å². The molecule has 0 unspecified atom stereocenters. The van der Waals surface area contributed by atoms with E-state index in [1.54, 1.807) is 31.3 Å². The van der Waals surface area contributed by atoms with E-state index in [2.05, 4.69) is 26.1 Å². The standard InChI is InChI=1S/C25H25N5O4/c1-17-22-20(33-14-4-11-28-16-18-5-3-10-27-15-18)6-2-7-21(22)34-23(17)25(32)30-29-24(31)19-8-12-26-13-9-19/h2-3,5-10,12-13,15,28H,4,11,14,16H2,1H3,(H,29,31)(H,30,32). The van der Waals surface area contributed by atoms with E-state index in [0.29, 0.717) is 29.1 Å².